The van der Waals surface area contributed by atoms with Crippen molar-refractivity contribution in [2.75, 3.05) is 5.32 Å². The number of rotatable bonds is 3. The predicted molar refractivity (Wildman–Crippen MR) is 51.9 cm³/mol. The smallest absolute Gasteiger partial charge is 0.199 e. The van der Waals surface area contributed by atoms with Crippen LogP contribution in [0, 0.1) is 0 Å². The number of nitrogens with zero attached hydrogens (tertiary/aromatic N) is 5. The highest BCUT2D eigenvalue weighted by atomic mass is 15.5. The predicted octanol–water partition coefficient (Wildman–Crippen LogP) is 0.506. The van der Waals surface area contributed by atoms with Crippen LogP contribution in [0.1, 0.15) is 6.92 Å². The number of fused-ring (bicyclic) bond motifs is 1. The Morgan fingerprint density at radius 1 is 1.57 bits per heavy atom. The summed E-state index contributed by atoms with van der Waals surface area (Å²) in [5.41, 5.74) is 0.617. The van der Waals surface area contributed by atoms with Crippen LogP contribution < -0.4 is 5.32 Å². The molecule has 2 rings (SSSR count). The Hall–Kier alpha value is -1.98. The molecule has 6 heteroatoms. The first-order chi connectivity index (χ1) is 6.81. The number of nitrogens with one attached hydrogen (secondary N) is 1. The van der Waals surface area contributed by atoms with Crippen molar-refractivity contribution in [3.05, 3.63) is 25.0 Å². The van der Waals surface area contributed by atoms with Gasteiger partial charge in [-0.3, -0.25) is 4.98 Å². The van der Waals surface area contributed by atoms with Crippen LogP contribution in [0.15, 0.2) is 25.0 Å². The third-order valence-electron chi connectivity index (χ3n) is 1.84. The Balaban J connectivity index is 2.41. The number of anilines is 1. The van der Waals surface area contributed by atoms with Crippen LogP contribution in [0.3, 0.4) is 0 Å². The molecule has 0 spiro atoms. The molecule has 0 aliphatic carbocycles. The van der Waals surface area contributed by atoms with Gasteiger partial charge >= 0.3 is 0 Å². The summed E-state index contributed by atoms with van der Waals surface area (Å²) in [5.74, 6) is 0.750. The summed E-state index contributed by atoms with van der Waals surface area (Å²) in [4.78, 5) is 4.01. The molecule has 1 N–H and O–H groups in total. The van der Waals surface area contributed by atoms with E-state index in [0.717, 1.165) is 5.82 Å². The van der Waals surface area contributed by atoms with E-state index in [4.69, 9.17) is 0 Å². The van der Waals surface area contributed by atoms with Crippen LogP contribution in [-0.2, 0) is 0 Å². The van der Waals surface area contributed by atoms with Crippen LogP contribution in [0.25, 0.3) is 5.65 Å². The lowest BCUT2D eigenvalue weighted by molar-refractivity contribution is 0.813. The molecule has 0 saturated heterocycles. The van der Waals surface area contributed by atoms with Gasteiger partial charge in [-0.05, 0) is 17.4 Å². The van der Waals surface area contributed by atoms with E-state index in [0.29, 0.717) is 5.65 Å². The fourth-order valence-electron chi connectivity index (χ4n) is 1.07. The van der Waals surface area contributed by atoms with E-state index < -0.39 is 0 Å². The highest BCUT2D eigenvalue weighted by molar-refractivity contribution is 5.44. The van der Waals surface area contributed by atoms with Gasteiger partial charge in [0, 0.05) is 6.04 Å². The molecule has 0 amide bonds. The molecule has 0 fully saturated rings. The van der Waals surface area contributed by atoms with Crippen molar-refractivity contribution in [2.24, 2.45) is 0 Å². The van der Waals surface area contributed by atoms with E-state index in [2.05, 4.69) is 32.4 Å². The molecule has 1 unspecified atom stereocenters. The van der Waals surface area contributed by atoms with Gasteiger partial charge in [-0.15, -0.1) is 11.7 Å². The first-order valence-electron chi connectivity index (χ1n) is 4.22. The second kappa shape index (κ2) is 3.41. The molecular formula is C8H10N6. The van der Waals surface area contributed by atoms with Crippen LogP contribution in [0.4, 0.5) is 5.82 Å². The molecule has 0 aromatic carbocycles. The summed E-state index contributed by atoms with van der Waals surface area (Å²) in [5, 5.41) is 14.3. The summed E-state index contributed by atoms with van der Waals surface area (Å²) >= 11 is 0. The molecule has 0 aliphatic heterocycles. The van der Waals surface area contributed by atoms with Crippen molar-refractivity contribution in [3.63, 3.8) is 0 Å². The van der Waals surface area contributed by atoms with Gasteiger partial charge in [-0.25, -0.2) is 0 Å². The third-order valence-corrected chi connectivity index (χ3v) is 1.84. The SMILES string of the molecule is C=CC(C)Nc1cncc2nnnn12. The van der Waals surface area contributed by atoms with E-state index in [1.807, 2.05) is 6.92 Å². The molecule has 6 nitrogen and oxygen atoms in total. The van der Waals surface area contributed by atoms with Gasteiger partial charge in [0.25, 0.3) is 0 Å². The number of hydrogen-bond acceptors (Lipinski definition) is 5. The molecule has 0 radical (unpaired) electrons. The maximum Gasteiger partial charge on any atom is 0.199 e. The average Bonchev–Trinajstić information content (AvgIpc) is 2.66. The lowest BCUT2D eigenvalue weighted by Crippen LogP contribution is -2.14. The first-order valence-corrected chi connectivity index (χ1v) is 4.22. The number of hydrogen-bond donors (Lipinski definition) is 1. The van der Waals surface area contributed by atoms with Gasteiger partial charge in [0.05, 0.1) is 12.4 Å². The highest BCUT2D eigenvalue weighted by Gasteiger charge is 2.04. The van der Waals surface area contributed by atoms with Gasteiger partial charge in [-0.2, -0.15) is 4.52 Å². The fraction of sp³-hybridized carbons (Fsp3) is 0.250. The summed E-state index contributed by atoms with van der Waals surface area (Å²) in [6.07, 6.45) is 5.07. The van der Waals surface area contributed by atoms with Gasteiger partial charge in [0.1, 0.15) is 0 Å². The zero-order chi connectivity index (χ0) is 9.97. The Kier molecular flexibility index (Phi) is 2.10. The maximum atomic E-state index is 4.01. The molecule has 2 aromatic rings. The van der Waals surface area contributed by atoms with Gasteiger partial charge in [0.15, 0.2) is 11.5 Å². The van der Waals surface area contributed by atoms with Gasteiger partial charge in [-0.1, -0.05) is 6.08 Å². The molecule has 1 atom stereocenters. The molecule has 0 aliphatic rings. The summed E-state index contributed by atoms with van der Waals surface area (Å²) in [7, 11) is 0. The van der Waals surface area contributed by atoms with Crippen molar-refractivity contribution in [1.82, 2.24) is 25.0 Å². The lowest BCUT2D eigenvalue weighted by atomic mass is 10.3. The van der Waals surface area contributed by atoms with Gasteiger partial charge < -0.3 is 5.32 Å². The van der Waals surface area contributed by atoms with Crippen molar-refractivity contribution < 1.29 is 0 Å². The fourth-order valence-corrected chi connectivity index (χ4v) is 1.07. The first kappa shape index (κ1) is 8.61. The molecular weight excluding hydrogens is 180 g/mol. The lowest BCUT2D eigenvalue weighted by Gasteiger charge is -2.09. The number of aromatic nitrogens is 5. The molecule has 2 aromatic heterocycles. The Bertz CT molecular complexity index is 448. The Morgan fingerprint density at radius 3 is 3.21 bits per heavy atom. The average molecular weight is 190 g/mol. The zero-order valence-corrected chi connectivity index (χ0v) is 7.75. The van der Waals surface area contributed by atoms with Crippen molar-refractivity contribution in [3.8, 4) is 0 Å². The number of tetrazole rings is 1. The standard InChI is InChI=1S/C8H10N6/c1-3-6(2)10-7-4-9-5-8-11-12-13-14(7)8/h3-6,10H,1H2,2H3. The Morgan fingerprint density at radius 2 is 2.43 bits per heavy atom. The largest absolute Gasteiger partial charge is 0.363 e. The molecule has 0 bridgehead atoms. The van der Waals surface area contributed by atoms with Crippen molar-refractivity contribution in [2.45, 2.75) is 13.0 Å². The van der Waals surface area contributed by atoms with Crippen LogP contribution >= 0.6 is 0 Å². The van der Waals surface area contributed by atoms with Crippen LogP contribution in [0.2, 0.25) is 0 Å². The van der Waals surface area contributed by atoms with Crippen molar-refractivity contribution >= 4 is 11.5 Å². The highest BCUT2D eigenvalue weighted by Crippen LogP contribution is 2.07. The van der Waals surface area contributed by atoms with E-state index in [-0.39, 0.29) is 6.04 Å². The van der Waals surface area contributed by atoms with E-state index in [1.54, 1.807) is 23.0 Å². The molecule has 14 heavy (non-hydrogen) atoms. The van der Waals surface area contributed by atoms with Gasteiger partial charge in [0.2, 0.25) is 0 Å². The summed E-state index contributed by atoms with van der Waals surface area (Å²) in [6, 6.07) is 0.145. The third kappa shape index (κ3) is 1.41. The quantitative estimate of drug-likeness (QED) is 0.714. The maximum absolute atomic E-state index is 4.01. The summed E-state index contributed by atoms with van der Waals surface area (Å²) < 4.78 is 1.59. The minimum absolute atomic E-state index is 0.145. The Labute approximate surface area is 80.7 Å². The monoisotopic (exact) mass is 190 g/mol. The normalized spacial score (nSPS) is 12.6. The molecule has 72 valence electrons. The van der Waals surface area contributed by atoms with E-state index in [9.17, 15) is 0 Å². The molecule has 0 saturated carbocycles. The van der Waals surface area contributed by atoms with Crippen LogP contribution in [0.5, 0.6) is 0 Å². The molecule has 2 heterocycles. The minimum Gasteiger partial charge on any atom is -0.363 e. The second-order valence-electron chi connectivity index (χ2n) is 2.91. The topological polar surface area (TPSA) is 68.0 Å². The van der Waals surface area contributed by atoms with E-state index >= 15 is 0 Å². The minimum atomic E-state index is 0.145. The van der Waals surface area contributed by atoms with E-state index in [1.165, 1.54) is 0 Å². The zero-order valence-electron chi connectivity index (χ0n) is 7.75. The van der Waals surface area contributed by atoms with Crippen molar-refractivity contribution in [1.29, 1.82) is 0 Å². The van der Waals surface area contributed by atoms with Crippen LogP contribution in [-0.4, -0.2) is 31.1 Å². The second-order valence-corrected chi connectivity index (χ2v) is 2.91. The summed E-state index contributed by atoms with van der Waals surface area (Å²) in [6.45, 7) is 5.66.